The van der Waals surface area contributed by atoms with Gasteiger partial charge in [-0.25, -0.2) is 4.79 Å². The number of amides is 1. The SMILES string of the molecule is CNC(=O)c1ccccc1OC(=O)/C=C/c1cc(Cl)cc(C=O)c1O. The number of hydrogen-bond donors (Lipinski definition) is 2. The number of carbonyl (C=O) groups is 3. The third-order valence-corrected chi connectivity index (χ3v) is 3.45. The first-order chi connectivity index (χ1) is 12.0. The van der Waals surface area contributed by atoms with E-state index in [1.165, 1.54) is 37.4 Å². The molecule has 0 bridgehead atoms. The summed E-state index contributed by atoms with van der Waals surface area (Å²) in [5.41, 5.74) is 0.400. The van der Waals surface area contributed by atoms with Gasteiger partial charge in [0.05, 0.1) is 11.1 Å². The van der Waals surface area contributed by atoms with Gasteiger partial charge in [-0.2, -0.15) is 0 Å². The molecule has 128 valence electrons. The lowest BCUT2D eigenvalue weighted by Crippen LogP contribution is -2.19. The molecular formula is C18H14ClNO5. The van der Waals surface area contributed by atoms with Gasteiger partial charge in [-0.05, 0) is 30.3 Å². The molecule has 7 heteroatoms. The Labute approximate surface area is 148 Å². The summed E-state index contributed by atoms with van der Waals surface area (Å²) in [7, 11) is 1.47. The van der Waals surface area contributed by atoms with Crippen LogP contribution in [0.25, 0.3) is 6.08 Å². The van der Waals surface area contributed by atoms with E-state index in [1.54, 1.807) is 12.1 Å². The van der Waals surface area contributed by atoms with Gasteiger partial charge in [0.15, 0.2) is 6.29 Å². The minimum Gasteiger partial charge on any atom is -0.507 e. The van der Waals surface area contributed by atoms with Gasteiger partial charge >= 0.3 is 5.97 Å². The second kappa shape index (κ2) is 8.12. The molecule has 0 saturated heterocycles. The molecular weight excluding hydrogens is 346 g/mol. The lowest BCUT2D eigenvalue weighted by atomic mass is 10.1. The molecule has 6 nitrogen and oxygen atoms in total. The van der Waals surface area contributed by atoms with Crippen molar-refractivity contribution in [3.63, 3.8) is 0 Å². The zero-order valence-electron chi connectivity index (χ0n) is 13.2. The zero-order valence-corrected chi connectivity index (χ0v) is 13.9. The number of benzene rings is 2. The maximum absolute atomic E-state index is 12.0. The predicted molar refractivity (Wildman–Crippen MR) is 93.0 cm³/mol. The van der Waals surface area contributed by atoms with Crippen molar-refractivity contribution < 1.29 is 24.2 Å². The lowest BCUT2D eigenvalue weighted by molar-refractivity contribution is -0.128. The molecule has 2 rings (SSSR count). The lowest BCUT2D eigenvalue weighted by Gasteiger charge is -2.07. The number of hydrogen-bond acceptors (Lipinski definition) is 5. The second-order valence-corrected chi connectivity index (χ2v) is 5.32. The third-order valence-electron chi connectivity index (χ3n) is 3.23. The van der Waals surface area contributed by atoms with Crippen LogP contribution in [0.5, 0.6) is 11.5 Å². The first-order valence-corrected chi connectivity index (χ1v) is 7.52. The molecule has 0 fully saturated rings. The van der Waals surface area contributed by atoms with Gasteiger partial charge in [-0.15, -0.1) is 0 Å². The first kappa shape index (κ1) is 18.2. The van der Waals surface area contributed by atoms with E-state index in [0.29, 0.717) is 6.29 Å². The van der Waals surface area contributed by atoms with Crippen molar-refractivity contribution >= 4 is 35.8 Å². The van der Waals surface area contributed by atoms with E-state index in [9.17, 15) is 19.5 Å². The zero-order chi connectivity index (χ0) is 18.4. The quantitative estimate of drug-likeness (QED) is 0.370. The highest BCUT2D eigenvalue weighted by molar-refractivity contribution is 6.31. The predicted octanol–water partition coefficient (Wildman–Crippen LogP) is 2.84. The van der Waals surface area contributed by atoms with Crippen LogP contribution in [0.3, 0.4) is 0 Å². The molecule has 0 heterocycles. The number of nitrogens with one attached hydrogen (secondary N) is 1. The number of aromatic hydroxyl groups is 1. The summed E-state index contributed by atoms with van der Waals surface area (Å²) in [5, 5.41) is 12.6. The standard InChI is InChI=1S/C18H14ClNO5/c1-20-18(24)14-4-2-3-5-15(14)25-16(22)7-6-11-8-13(19)9-12(10-21)17(11)23/h2-10,23H,1H3,(H,20,24)/b7-6+. The van der Waals surface area contributed by atoms with Gasteiger partial charge in [0, 0.05) is 23.7 Å². The minimum absolute atomic E-state index is 0.00507. The summed E-state index contributed by atoms with van der Waals surface area (Å²) in [6, 6.07) is 8.97. The molecule has 25 heavy (non-hydrogen) atoms. The van der Waals surface area contributed by atoms with Crippen molar-refractivity contribution in [3.05, 3.63) is 64.2 Å². The van der Waals surface area contributed by atoms with Crippen LogP contribution in [0.4, 0.5) is 0 Å². The highest BCUT2D eigenvalue weighted by Gasteiger charge is 2.13. The van der Waals surface area contributed by atoms with Crippen LogP contribution < -0.4 is 10.1 Å². The van der Waals surface area contributed by atoms with Crippen LogP contribution in [0, 0.1) is 0 Å². The second-order valence-electron chi connectivity index (χ2n) is 4.88. The first-order valence-electron chi connectivity index (χ1n) is 7.15. The maximum Gasteiger partial charge on any atom is 0.336 e. The number of phenols is 1. The Morgan fingerprint density at radius 3 is 2.56 bits per heavy atom. The summed E-state index contributed by atoms with van der Waals surface area (Å²) < 4.78 is 5.15. The molecule has 0 atom stereocenters. The molecule has 0 aromatic heterocycles. The maximum atomic E-state index is 12.0. The Bertz CT molecular complexity index is 861. The third kappa shape index (κ3) is 4.45. The monoisotopic (exact) mass is 359 g/mol. The summed E-state index contributed by atoms with van der Waals surface area (Å²) >= 11 is 5.85. The molecule has 2 aromatic carbocycles. The van der Waals surface area contributed by atoms with Crippen LogP contribution in [0.2, 0.25) is 5.02 Å². The van der Waals surface area contributed by atoms with Gasteiger partial charge < -0.3 is 15.2 Å². The van der Waals surface area contributed by atoms with Gasteiger partial charge in [0.2, 0.25) is 0 Å². The Morgan fingerprint density at radius 2 is 1.88 bits per heavy atom. The average molecular weight is 360 g/mol. The number of aldehydes is 1. The van der Waals surface area contributed by atoms with E-state index in [1.807, 2.05) is 0 Å². The van der Waals surface area contributed by atoms with E-state index in [4.69, 9.17) is 16.3 Å². The van der Waals surface area contributed by atoms with Gasteiger partial charge in [0.25, 0.3) is 5.91 Å². The van der Waals surface area contributed by atoms with Crippen molar-refractivity contribution in [2.75, 3.05) is 7.05 Å². The van der Waals surface area contributed by atoms with Crippen molar-refractivity contribution in [1.29, 1.82) is 0 Å². The van der Waals surface area contributed by atoms with Crippen LogP contribution in [-0.4, -0.2) is 30.3 Å². The number of ether oxygens (including phenoxy) is 1. The summed E-state index contributed by atoms with van der Waals surface area (Å²) in [6.45, 7) is 0. The Hall–Kier alpha value is -3.12. The molecule has 0 spiro atoms. The summed E-state index contributed by atoms with van der Waals surface area (Å²) in [6.07, 6.45) is 2.77. The molecule has 0 aliphatic rings. The number of rotatable bonds is 5. The van der Waals surface area contributed by atoms with E-state index >= 15 is 0 Å². The Kier molecular flexibility index (Phi) is 5.92. The van der Waals surface area contributed by atoms with Gasteiger partial charge in [-0.3, -0.25) is 9.59 Å². The average Bonchev–Trinajstić information content (AvgIpc) is 2.61. The fourth-order valence-electron chi connectivity index (χ4n) is 2.04. The number of carbonyl (C=O) groups excluding carboxylic acids is 3. The van der Waals surface area contributed by atoms with Crippen LogP contribution in [0.1, 0.15) is 26.3 Å². The topological polar surface area (TPSA) is 92.7 Å². The molecule has 2 N–H and O–H groups in total. The highest BCUT2D eigenvalue weighted by atomic mass is 35.5. The van der Waals surface area contributed by atoms with Crippen molar-refractivity contribution in [2.24, 2.45) is 0 Å². The normalized spacial score (nSPS) is 10.5. The molecule has 0 aliphatic heterocycles. The van der Waals surface area contributed by atoms with E-state index in [0.717, 1.165) is 6.08 Å². The van der Waals surface area contributed by atoms with Gasteiger partial charge in [-0.1, -0.05) is 23.7 Å². The van der Waals surface area contributed by atoms with Gasteiger partial charge in [0.1, 0.15) is 11.5 Å². The van der Waals surface area contributed by atoms with Crippen molar-refractivity contribution in [1.82, 2.24) is 5.32 Å². The molecule has 0 saturated carbocycles. The fourth-order valence-corrected chi connectivity index (χ4v) is 2.27. The highest BCUT2D eigenvalue weighted by Crippen LogP contribution is 2.27. The molecule has 0 aliphatic carbocycles. The smallest absolute Gasteiger partial charge is 0.336 e. The largest absolute Gasteiger partial charge is 0.507 e. The number of phenolic OH excluding ortho intramolecular Hbond substituents is 1. The Morgan fingerprint density at radius 1 is 1.20 bits per heavy atom. The van der Waals surface area contributed by atoms with E-state index < -0.39 is 11.9 Å². The van der Waals surface area contributed by atoms with Crippen LogP contribution in [0.15, 0.2) is 42.5 Å². The fraction of sp³-hybridized carbons (Fsp3) is 0.0556. The molecule has 0 unspecified atom stereocenters. The molecule has 0 radical (unpaired) electrons. The van der Waals surface area contributed by atoms with Crippen molar-refractivity contribution in [2.45, 2.75) is 0 Å². The summed E-state index contributed by atoms with van der Waals surface area (Å²) in [5.74, 6) is -1.35. The van der Waals surface area contributed by atoms with Crippen molar-refractivity contribution in [3.8, 4) is 11.5 Å². The minimum atomic E-state index is -0.761. The Balaban J connectivity index is 2.22. The summed E-state index contributed by atoms with van der Waals surface area (Å²) in [4.78, 5) is 34.6. The van der Waals surface area contributed by atoms with E-state index in [2.05, 4.69) is 5.32 Å². The number of halogens is 1. The molecule has 1 amide bonds. The molecule has 2 aromatic rings. The number of para-hydroxylation sites is 1. The van der Waals surface area contributed by atoms with E-state index in [-0.39, 0.29) is 33.2 Å². The number of esters is 1. The van der Waals surface area contributed by atoms with Crippen LogP contribution in [-0.2, 0) is 4.79 Å². The van der Waals surface area contributed by atoms with Crippen LogP contribution >= 0.6 is 11.6 Å².